The fourth-order valence-electron chi connectivity index (χ4n) is 2.93. The summed E-state index contributed by atoms with van der Waals surface area (Å²) in [5.74, 6) is 0. The predicted octanol–water partition coefficient (Wildman–Crippen LogP) is 1.27. The summed E-state index contributed by atoms with van der Waals surface area (Å²) < 4.78 is 3.25. The van der Waals surface area contributed by atoms with E-state index in [4.69, 9.17) is 0 Å². The van der Waals surface area contributed by atoms with Crippen molar-refractivity contribution in [1.82, 2.24) is 19.5 Å². The minimum Gasteiger partial charge on any atom is -0.369 e. The molecule has 6 nitrogen and oxygen atoms in total. The molecule has 114 valence electrons. The normalized spacial score (nSPS) is 17.3. The molecule has 3 heterocycles. The highest BCUT2D eigenvalue weighted by atomic mass is 16.2. The Morgan fingerprint density at radius 3 is 2.86 bits per heavy atom. The molecule has 0 aliphatic carbocycles. The van der Waals surface area contributed by atoms with Gasteiger partial charge in [0.1, 0.15) is 0 Å². The van der Waals surface area contributed by atoms with Gasteiger partial charge in [0.2, 0.25) is 0 Å². The number of pyridine rings is 1. The summed E-state index contributed by atoms with van der Waals surface area (Å²) in [5, 5.41) is 7.86. The van der Waals surface area contributed by atoms with E-state index >= 15 is 0 Å². The second kappa shape index (κ2) is 5.89. The van der Waals surface area contributed by atoms with E-state index in [2.05, 4.69) is 29.2 Å². The fourth-order valence-corrected chi connectivity index (χ4v) is 2.93. The first kappa shape index (κ1) is 14.1. The molecule has 0 aromatic carbocycles. The summed E-state index contributed by atoms with van der Waals surface area (Å²) in [6, 6.07) is 4.17. The maximum atomic E-state index is 12.4. The quantitative estimate of drug-likeness (QED) is 0.921. The molecule has 1 saturated heterocycles. The summed E-state index contributed by atoms with van der Waals surface area (Å²) in [6.45, 7) is 8.16. The van der Waals surface area contributed by atoms with Gasteiger partial charge in [-0.15, -0.1) is 5.10 Å². The fraction of sp³-hybridized carbons (Fsp3) is 0.600. The summed E-state index contributed by atoms with van der Waals surface area (Å²) in [4.78, 5) is 14.7. The third-order valence-corrected chi connectivity index (χ3v) is 4.14. The zero-order valence-corrected chi connectivity index (χ0v) is 12.7. The minimum atomic E-state index is -0.0437. The highest BCUT2D eigenvalue weighted by Crippen LogP contribution is 2.17. The zero-order chi connectivity index (χ0) is 14.8. The Hall–Kier alpha value is -1.82. The summed E-state index contributed by atoms with van der Waals surface area (Å²) in [6.07, 6.45) is 3.86. The maximum absolute atomic E-state index is 12.4. The third kappa shape index (κ3) is 2.68. The van der Waals surface area contributed by atoms with Crippen molar-refractivity contribution in [3.05, 3.63) is 28.8 Å². The molecule has 2 aromatic heterocycles. The van der Waals surface area contributed by atoms with Crippen LogP contribution >= 0.6 is 0 Å². The average Bonchev–Trinajstić information content (AvgIpc) is 2.85. The third-order valence-electron chi connectivity index (χ3n) is 4.14. The molecule has 1 fully saturated rings. The van der Waals surface area contributed by atoms with Gasteiger partial charge in [0, 0.05) is 44.1 Å². The van der Waals surface area contributed by atoms with Gasteiger partial charge in [-0.1, -0.05) is 13.3 Å². The van der Waals surface area contributed by atoms with Crippen LogP contribution in [-0.2, 0) is 0 Å². The summed E-state index contributed by atoms with van der Waals surface area (Å²) in [7, 11) is 0. The molecule has 0 spiro atoms. The van der Waals surface area contributed by atoms with Crippen molar-refractivity contribution in [1.29, 1.82) is 0 Å². The zero-order valence-electron chi connectivity index (χ0n) is 12.7. The molecular formula is C15H23N5O. The van der Waals surface area contributed by atoms with Crippen LogP contribution in [0, 0.1) is 0 Å². The van der Waals surface area contributed by atoms with Crippen molar-refractivity contribution in [3.63, 3.8) is 0 Å². The lowest BCUT2D eigenvalue weighted by Gasteiger charge is -2.29. The van der Waals surface area contributed by atoms with E-state index in [0.717, 1.165) is 50.4 Å². The highest BCUT2D eigenvalue weighted by molar-refractivity contribution is 5.55. The molecule has 2 aromatic rings. The van der Waals surface area contributed by atoms with Crippen LogP contribution in [0.5, 0.6) is 0 Å². The van der Waals surface area contributed by atoms with Gasteiger partial charge < -0.3 is 10.2 Å². The van der Waals surface area contributed by atoms with Crippen LogP contribution in [0.2, 0.25) is 0 Å². The maximum Gasteiger partial charge on any atom is 0.350 e. The molecule has 1 unspecified atom stereocenters. The number of hydrogen-bond acceptors (Lipinski definition) is 4. The van der Waals surface area contributed by atoms with Crippen LogP contribution in [0.25, 0.3) is 5.65 Å². The standard InChI is InChI=1S/C15H23N5O/c1-3-4-12(2)20-15(21)19-8-5-13(11-14(19)17-20)18-9-6-16-7-10-18/h5,8,11-12,16H,3-4,6-7,9-10H2,1-2H3. The van der Waals surface area contributed by atoms with Crippen molar-refractivity contribution in [2.45, 2.75) is 32.7 Å². The van der Waals surface area contributed by atoms with Gasteiger partial charge in [-0.25, -0.2) is 9.48 Å². The monoisotopic (exact) mass is 289 g/mol. The van der Waals surface area contributed by atoms with E-state index in [9.17, 15) is 4.79 Å². The van der Waals surface area contributed by atoms with Crippen molar-refractivity contribution in [2.75, 3.05) is 31.1 Å². The molecule has 1 atom stereocenters. The van der Waals surface area contributed by atoms with Crippen LogP contribution in [0.1, 0.15) is 32.7 Å². The Morgan fingerprint density at radius 2 is 2.14 bits per heavy atom. The number of hydrogen-bond donors (Lipinski definition) is 1. The summed E-state index contributed by atoms with van der Waals surface area (Å²) in [5.41, 5.74) is 1.83. The van der Waals surface area contributed by atoms with Crippen LogP contribution in [-0.4, -0.2) is 40.4 Å². The number of fused-ring (bicyclic) bond motifs is 1. The molecule has 6 heteroatoms. The van der Waals surface area contributed by atoms with Crippen molar-refractivity contribution in [3.8, 4) is 0 Å². The van der Waals surface area contributed by atoms with E-state index in [1.165, 1.54) is 0 Å². The first-order valence-corrected chi connectivity index (χ1v) is 7.77. The second-order valence-corrected chi connectivity index (χ2v) is 5.72. The number of nitrogens with one attached hydrogen (secondary N) is 1. The average molecular weight is 289 g/mol. The van der Waals surface area contributed by atoms with Gasteiger partial charge in [-0.05, 0) is 19.4 Å². The molecule has 1 N–H and O–H groups in total. The molecule has 0 saturated carbocycles. The number of anilines is 1. The van der Waals surface area contributed by atoms with Crippen LogP contribution in [0.4, 0.5) is 5.69 Å². The first-order valence-electron chi connectivity index (χ1n) is 7.77. The molecule has 0 amide bonds. The Labute approximate surface area is 124 Å². The molecular weight excluding hydrogens is 266 g/mol. The Balaban J connectivity index is 1.96. The highest BCUT2D eigenvalue weighted by Gasteiger charge is 2.15. The number of rotatable bonds is 4. The van der Waals surface area contributed by atoms with Gasteiger partial charge in [-0.2, -0.15) is 0 Å². The lowest BCUT2D eigenvalue weighted by atomic mass is 10.2. The Bertz CT molecular complexity index is 668. The van der Waals surface area contributed by atoms with E-state index in [1.54, 1.807) is 9.08 Å². The SMILES string of the molecule is CCCC(C)n1nc2cc(N3CCNCC3)ccn2c1=O. The molecule has 3 rings (SSSR count). The van der Waals surface area contributed by atoms with Crippen LogP contribution in [0.3, 0.4) is 0 Å². The molecule has 0 bridgehead atoms. The van der Waals surface area contributed by atoms with Gasteiger partial charge in [0.05, 0.1) is 6.04 Å². The van der Waals surface area contributed by atoms with Crippen LogP contribution < -0.4 is 15.9 Å². The first-order chi connectivity index (χ1) is 10.2. The van der Waals surface area contributed by atoms with Crippen molar-refractivity contribution < 1.29 is 0 Å². The van der Waals surface area contributed by atoms with Gasteiger partial charge >= 0.3 is 5.69 Å². The minimum absolute atomic E-state index is 0.0437. The van der Waals surface area contributed by atoms with E-state index < -0.39 is 0 Å². The predicted molar refractivity (Wildman–Crippen MR) is 84.2 cm³/mol. The van der Waals surface area contributed by atoms with Crippen molar-refractivity contribution >= 4 is 11.3 Å². The van der Waals surface area contributed by atoms with Crippen LogP contribution in [0.15, 0.2) is 23.1 Å². The molecule has 1 aliphatic rings. The number of aromatic nitrogens is 3. The van der Waals surface area contributed by atoms with Crippen molar-refractivity contribution in [2.24, 2.45) is 0 Å². The van der Waals surface area contributed by atoms with E-state index in [-0.39, 0.29) is 11.7 Å². The van der Waals surface area contributed by atoms with E-state index in [1.807, 2.05) is 18.3 Å². The Morgan fingerprint density at radius 1 is 1.38 bits per heavy atom. The molecule has 1 aliphatic heterocycles. The van der Waals surface area contributed by atoms with Gasteiger partial charge in [-0.3, -0.25) is 4.40 Å². The molecule has 0 radical (unpaired) electrons. The lowest BCUT2D eigenvalue weighted by Crippen LogP contribution is -2.43. The molecule has 21 heavy (non-hydrogen) atoms. The number of piperazine rings is 1. The summed E-state index contributed by atoms with van der Waals surface area (Å²) >= 11 is 0. The Kier molecular flexibility index (Phi) is 3.96. The number of nitrogens with zero attached hydrogens (tertiary/aromatic N) is 4. The van der Waals surface area contributed by atoms with Gasteiger partial charge in [0.25, 0.3) is 0 Å². The van der Waals surface area contributed by atoms with E-state index in [0.29, 0.717) is 0 Å². The largest absolute Gasteiger partial charge is 0.369 e. The van der Waals surface area contributed by atoms with Gasteiger partial charge in [0.15, 0.2) is 5.65 Å². The second-order valence-electron chi connectivity index (χ2n) is 5.72. The lowest BCUT2D eigenvalue weighted by molar-refractivity contribution is 0.442. The topological polar surface area (TPSA) is 54.6 Å². The smallest absolute Gasteiger partial charge is 0.350 e.